The minimum absolute atomic E-state index is 0.186. The number of fused-ring (bicyclic) bond motifs is 2. The predicted molar refractivity (Wildman–Crippen MR) is 143 cm³/mol. The standard InChI is InChI=1S/C28H27N7O/c1-34-10-12-35(13-11-34)23-5-3-22(4-6-23)33-28(36)21-15-25-24(8-9-30-27(25)31-17-21)19-2-7-26-20(14-19)16-29-18-32-26/h2-8,14-18H,9-13H2,1H3,(H,30,31)(H,33,36). The summed E-state index contributed by atoms with van der Waals surface area (Å²) in [6, 6.07) is 16.1. The number of amides is 1. The Morgan fingerprint density at radius 1 is 0.972 bits per heavy atom. The van der Waals surface area contributed by atoms with Gasteiger partial charge in [0.2, 0.25) is 0 Å². The molecule has 2 aromatic heterocycles. The summed E-state index contributed by atoms with van der Waals surface area (Å²) in [5.41, 5.74) is 6.32. The van der Waals surface area contributed by atoms with Crippen LogP contribution >= 0.6 is 0 Å². The number of anilines is 3. The van der Waals surface area contributed by atoms with E-state index < -0.39 is 0 Å². The van der Waals surface area contributed by atoms with E-state index in [1.54, 1.807) is 12.5 Å². The Balaban J connectivity index is 1.22. The summed E-state index contributed by atoms with van der Waals surface area (Å²) in [6.45, 7) is 4.81. The molecule has 1 fully saturated rings. The van der Waals surface area contributed by atoms with Crippen LogP contribution in [0.15, 0.2) is 73.3 Å². The number of rotatable bonds is 4. The first-order chi connectivity index (χ1) is 17.6. The quantitative estimate of drug-likeness (QED) is 0.461. The number of likely N-dealkylation sites (N-methyl/N-ethyl adjacent to an activating group) is 1. The summed E-state index contributed by atoms with van der Waals surface area (Å²) in [6.07, 6.45) is 7.10. The van der Waals surface area contributed by atoms with Crippen molar-refractivity contribution in [3.8, 4) is 0 Å². The number of hydrogen-bond acceptors (Lipinski definition) is 7. The first-order valence-corrected chi connectivity index (χ1v) is 12.1. The molecule has 0 atom stereocenters. The van der Waals surface area contributed by atoms with Crippen molar-refractivity contribution >= 4 is 39.6 Å². The molecule has 0 radical (unpaired) electrons. The molecule has 8 heteroatoms. The van der Waals surface area contributed by atoms with E-state index >= 15 is 0 Å². The van der Waals surface area contributed by atoms with Crippen molar-refractivity contribution in [1.82, 2.24) is 19.9 Å². The maximum absolute atomic E-state index is 13.1. The molecule has 36 heavy (non-hydrogen) atoms. The molecule has 0 aliphatic carbocycles. The molecule has 8 nitrogen and oxygen atoms in total. The third kappa shape index (κ3) is 4.38. The van der Waals surface area contributed by atoms with Gasteiger partial charge in [-0.1, -0.05) is 12.1 Å². The van der Waals surface area contributed by atoms with Gasteiger partial charge >= 0.3 is 0 Å². The Morgan fingerprint density at radius 2 is 1.81 bits per heavy atom. The van der Waals surface area contributed by atoms with Gasteiger partial charge in [0.25, 0.3) is 5.91 Å². The summed E-state index contributed by atoms with van der Waals surface area (Å²) in [4.78, 5) is 30.8. The lowest BCUT2D eigenvalue weighted by Crippen LogP contribution is -2.44. The highest BCUT2D eigenvalue weighted by Crippen LogP contribution is 2.33. The van der Waals surface area contributed by atoms with Crippen molar-refractivity contribution in [3.63, 3.8) is 0 Å². The number of nitrogens with one attached hydrogen (secondary N) is 2. The van der Waals surface area contributed by atoms with E-state index in [9.17, 15) is 4.79 Å². The molecule has 2 aromatic carbocycles. The van der Waals surface area contributed by atoms with Crippen LogP contribution in [0.4, 0.5) is 17.2 Å². The molecule has 1 saturated heterocycles. The molecule has 4 heterocycles. The van der Waals surface area contributed by atoms with Gasteiger partial charge in [-0.15, -0.1) is 0 Å². The van der Waals surface area contributed by atoms with Gasteiger partial charge < -0.3 is 20.4 Å². The second-order valence-electron chi connectivity index (χ2n) is 9.21. The van der Waals surface area contributed by atoms with Crippen molar-refractivity contribution in [2.24, 2.45) is 0 Å². The molecule has 0 saturated carbocycles. The summed E-state index contributed by atoms with van der Waals surface area (Å²) < 4.78 is 0. The first kappa shape index (κ1) is 22.2. The van der Waals surface area contributed by atoms with Gasteiger partial charge in [-0.05, 0) is 60.6 Å². The molecular formula is C28H27N7O. The zero-order valence-electron chi connectivity index (χ0n) is 20.1. The maximum atomic E-state index is 13.1. The van der Waals surface area contributed by atoms with Crippen LogP contribution in [0.25, 0.3) is 16.5 Å². The molecule has 180 valence electrons. The van der Waals surface area contributed by atoms with Crippen molar-refractivity contribution in [3.05, 3.63) is 90.0 Å². The van der Waals surface area contributed by atoms with E-state index in [0.717, 1.165) is 65.3 Å². The summed E-state index contributed by atoms with van der Waals surface area (Å²) in [7, 11) is 2.15. The van der Waals surface area contributed by atoms with Crippen LogP contribution in [-0.2, 0) is 0 Å². The van der Waals surface area contributed by atoms with Crippen molar-refractivity contribution in [1.29, 1.82) is 0 Å². The number of benzene rings is 2. The Labute approximate surface area is 209 Å². The maximum Gasteiger partial charge on any atom is 0.257 e. The number of hydrogen-bond donors (Lipinski definition) is 2. The van der Waals surface area contributed by atoms with Crippen LogP contribution in [0.1, 0.15) is 21.5 Å². The molecule has 2 aliphatic heterocycles. The van der Waals surface area contributed by atoms with E-state index in [-0.39, 0.29) is 5.91 Å². The second-order valence-corrected chi connectivity index (χ2v) is 9.21. The third-order valence-electron chi connectivity index (χ3n) is 6.82. The molecule has 1 amide bonds. The van der Waals surface area contributed by atoms with E-state index in [1.165, 1.54) is 5.69 Å². The molecule has 0 spiro atoms. The predicted octanol–water partition coefficient (Wildman–Crippen LogP) is 3.89. The van der Waals surface area contributed by atoms with Gasteiger partial charge in [0.1, 0.15) is 12.1 Å². The van der Waals surface area contributed by atoms with E-state index in [0.29, 0.717) is 12.1 Å². The average Bonchev–Trinajstić information content (AvgIpc) is 2.93. The van der Waals surface area contributed by atoms with E-state index in [2.05, 4.69) is 66.7 Å². The Hall–Kier alpha value is -4.30. The number of carbonyl (C=O) groups is 1. The van der Waals surface area contributed by atoms with Gasteiger partial charge in [-0.25, -0.2) is 15.0 Å². The molecule has 0 unspecified atom stereocenters. The van der Waals surface area contributed by atoms with E-state index in [4.69, 9.17) is 0 Å². The lowest BCUT2D eigenvalue weighted by molar-refractivity contribution is 0.102. The number of nitrogens with zero attached hydrogens (tertiary/aromatic N) is 5. The Kier molecular flexibility index (Phi) is 5.79. The molecule has 6 rings (SSSR count). The minimum Gasteiger partial charge on any atom is -0.369 e. The lowest BCUT2D eigenvalue weighted by Gasteiger charge is -2.34. The number of carbonyl (C=O) groups excluding carboxylic acids is 1. The number of aromatic nitrogens is 3. The second kappa shape index (κ2) is 9.39. The fraction of sp³-hybridized carbons (Fsp3) is 0.214. The van der Waals surface area contributed by atoms with Crippen molar-refractivity contribution in [2.45, 2.75) is 0 Å². The molecule has 4 aromatic rings. The van der Waals surface area contributed by atoms with Gasteiger partial charge in [-0.2, -0.15) is 0 Å². The summed E-state index contributed by atoms with van der Waals surface area (Å²) in [5, 5.41) is 7.29. The molecular weight excluding hydrogens is 450 g/mol. The Bertz CT molecular complexity index is 1460. The molecule has 2 N–H and O–H groups in total. The smallest absolute Gasteiger partial charge is 0.257 e. The van der Waals surface area contributed by atoms with Crippen LogP contribution in [0.2, 0.25) is 0 Å². The van der Waals surface area contributed by atoms with Crippen LogP contribution < -0.4 is 15.5 Å². The summed E-state index contributed by atoms with van der Waals surface area (Å²) >= 11 is 0. The fourth-order valence-corrected chi connectivity index (χ4v) is 4.74. The average molecular weight is 478 g/mol. The third-order valence-corrected chi connectivity index (χ3v) is 6.82. The highest BCUT2D eigenvalue weighted by atomic mass is 16.1. The fourth-order valence-electron chi connectivity index (χ4n) is 4.74. The number of pyridine rings is 1. The highest BCUT2D eigenvalue weighted by Gasteiger charge is 2.19. The van der Waals surface area contributed by atoms with Crippen LogP contribution in [0.5, 0.6) is 0 Å². The normalized spacial score (nSPS) is 15.7. The lowest BCUT2D eigenvalue weighted by atomic mass is 9.94. The number of piperazine rings is 1. The van der Waals surface area contributed by atoms with Crippen molar-refractivity contribution in [2.75, 3.05) is 55.3 Å². The minimum atomic E-state index is -0.186. The zero-order chi connectivity index (χ0) is 24.5. The highest BCUT2D eigenvalue weighted by molar-refractivity contribution is 6.05. The van der Waals surface area contributed by atoms with Gasteiger partial charge in [-0.3, -0.25) is 4.79 Å². The van der Waals surface area contributed by atoms with Crippen LogP contribution in [0.3, 0.4) is 0 Å². The summed E-state index contributed by atoms with van der Waals surface area (Å²) in [5.74, 6) is 0.583. The largest absolute Gasteiger partial charge is 0.369 e. The van der Waals surface area contributed by atoms with Gasteiger partial charge in [0, 0.05) is 67.4 Å². The van der Waals surface area contributed by atoms with Gasteiger partial charge in [0.15, 0.2) is 0 Å². The zero-order valence-corrected chi connectivity index (χ0v) is 20.1. The molecule has 0 bridgehead atoms. The van der Waals surface area contributed by atoms with Crippen LogP contribution in [-0.4, -0.2) is 65.5 Å². The van der Waals surface area contributed by atoms with Crippen LogP contribution in [0, 0.1) is 0 Å². The SMILES string of the molecule is CN1CCN(c2ccc(NC(=O)c3cnc4c(c3)C(c3ccc5ncncc5c3)=CCN4)cc2)CC1. The van der Waals surface area contributed by atoms with E-state index in [1.807, 2.05) is 36.5 Å². The monoisotopic (exact) mass is 477 g/mol. The Morgan fingerprint density at radius 3 is 2.64 bits per heavy atom. The van der Waals surface area contributed by atoms with Gasteiger partial charge in [0.05, 0.1) is 11.1 Å². The topological polar surface area (TPSA) is 86.3 Å². The first-order valence-electron chi connectivity index (χ1n) is 12.1. The van der Waals surface area contributed by atoms with Crippen molar-refractivity contribution < 1.29 is 4.79 Å². The molecule has 2 aliphatic rings.